The smallest absolute Gasteiger partial charge is 0.140 e. The van der Waals surface area contributed by atoms with E-state index >= 15 is 0 Å². The molecule has 0 unspecified atom stereocenters. The van der Waals surface area contributed by atoms with Gasteiger partial charge in [-0.25, -0.2) is 4.21 Å². The van der Waals surface area contributed by atoms with E-state index in [0.717, 1.165) is 11.5 Å². The Bertz CT molecular complexity index is 512. The van der Waals surface area contributed by atoms with Gasteiger partial charge in [0.2, 0.25) is 0 Å². The molecule has 1 atom stereocenters. The summed E-state index contributed by atoms with van der Waals surface area (Å²) in [6.45, 7) is 1.79. The lowest BCUT2D eigenvalue weighted by Gasteiger charge is -2.01. The van der Waals surface area contributed by atoms with Crippen molar-refractivity contribution in [2.45, 2.75) is 16.0 Å². The van der Waals surface area contributed by atoms with E-state index in [2.05, 4.69) is 9.59 Å². The zero-order valence-corrected chi connectivity index (χ0v) is 10.2. The minimum atomic E-state index is -1.28. The van der Waals surface area contributed by atoms with Gasteiger partial charge >= 0.3 is 0 Å². The summed E-state index contributed by atoms with van der Waals surface area (Å²) in [5.41, 5.74) is 0.693. The maximum atomic E-state index is 12.1. The van der Waals surface area contributed by atoms with Crippen LogP contribution in [0.5, 0.6) is 0 Å². The van der Waals surface area contributed by atoms with Crippen molar-refractivity contribution in [3.63, 3.8) is 0 Å². The number of aryl methyl sites for hydroxylation is 1. The summed E-state index contributed by atoms with van der Waals surface area (Å²) in [6.07, 6.45) is 0. The molecule has 1 aromatic carbocycles. The molecule has 1 heterocycles. The molecule has 0 amide bonds. The predicted octanol–water partition coefficient (Wildman–Crippen LogP) is 2.67. The van der Waals surface area contributed by atoms with Gasteiger partial charge in [0.15, 0.2) is 0 Å². The molecule has 0 saturated carbocycles. The molecule has 0 N–H and O–H groups in total. The summed E-state index contributed by atoms with van der Waals surface area (Å²) < 4.78 is 16.5. The first-order valence-electron chi connectivity index (χ1n) is 4.15. The molecule has 0 bridgehead atoms. The summed E-state index contributed by atoms with van der Waals surface area (Å²) in [7, 11) is -1.28. The lowest BCUT2D eigenvalue weighted by Crippen LogP contribution is -1.93. The van der Waals surface area contributed by atoms with Crippen LogP contribution in [-0.2, 0) is 10.8 Å². The van der Waals surface area contributed by atoms with Gasteiger partial charge in [0.1, 0.15) is 15.0 Å². The lowest BCUT2D eigenvalue weighted by molar-refractivity contribution is 0.684. The first-order valence-corrected chi connectivity index (χ1v) is 6.45. The van der Waals surface area contributed by atoms with E-state index in [1.54, 1.807) is 25.1 Å². The Kier molecular flexibility index (Phi) is 3.14. The molecule has 0 radical (unpaired) electrons. The first-order chi connectivity index (χ1) is 7.20. The van der Waals surface area contributed by atoms with Crippen molar-refractivity contribution in [2.24, 2.45) is 0 Å². The minimum Gasteiger partial charge on any atom is -0.248 e. The molecule has 0 aliphatic heterocycles. The minimum absolute atomic E-state index is 0.503. The number of aromatic nitrogens is 2. The molecule has 0 fully saturated rings. The van der Waals surface area contributed by atoms with Crippen LogP contribution in [0.15, 0.2) is 33.4 Å². The van der Waals surface area contributed by atoms with Crippen molar-refractivity contribution >= 4 is 33.9 Å². The zero-order valence-electron chi connectivity index (χ0n) is 7.81. The molecule has 15 heavy (non-hydrogen) atoms. The van der Waals surface area contributed by atoms with Gasteiger partial charge in [-0.1, -0.05) is 28.2 Å². The van der Waals surface area contributed by atoms with E-state index in [1.807, 2.05) is 6.07 Å². The average Bonchev–Trinajstić information content (AvgIpc) is 2.64. The van der Waals surface area contributed by atoms with E-state index < -0.39 is 10.8 Å². The first kappa shape index (κ1) is 10.7. The number of halogens is 1. The van der Waals surface area contributed by atoms with Crippen molar-refractivity contribution < 1.29 is 4.21 Å². The van der Waals surface area contributed by atoms with Crippen LogP contribution in [0, 0.1) is 6.92 Å². The van der Waals surface area contributed by atoms with Gasteiger partial charge in [-0.15, -0.1) is 5.10 Å². The van der Waals surface area contributed by atoms with Crippen molar-refractivity contribution in [3.05, 3.63) is 35.0 Å². The summed E-state index contributed by atoms with van der Waals surface area (Å²) in [4.78, 5) is 0.605. The second-order valence-electron chi connectivity index (χ2n) is 2.84. The monoisotopic (exact) mass is 258 g/mol. The van der Waals surface area contributed by atoms with Crippen LogP contribution in [0.1, 0.15) is 5.69 Å². The van der Waals surface area contributed by atoms with Crippen LogP contribution in [-0.4, -0.2) is 13.8 Å². The maximum absolute atomic E-state index is 12.1. The maximum Gasteiger partial charge on any atom is 0.140 e. The van der Waals surface area contributed by atoms with Crippen LogP contribution >= 0.6 is 23.1 Å². The van der Waals surface area contributed by atoms with Gasteiger partial charge in [-0.3, -0.25) is 0 Å². The fraction of sp³-hybridized carbons (Fsp3) is 0.111. The Morgan fingerprint density at radius 3 is 2.73 bits per heavy atom. The van der Waals surface area contributed by atoms with Gasteiger partial charge in [-0.2, -0.15) is 0 Å². The van der Waals surface area contributed by atoms with E-state index in [0.29, 0.717) is 19.8 Å². The van der Waals surface area contributed by atoms with Gasteiger partial charge in [0.25, 0.3) is 0 Å². The van der Waals surface area contributed by atoms with Crippen molar-refractivity contribution in [3.8, 4) is 0 Å². The highest BCUT2D eigenvalue weighted by Gasteiger charge is 2.15. The number of nitrogens with zero attached hydrogens (tertiary/aromatic N) is 2. The number of rotatable bonds is 2. The Hall–Kier alpha value is -0.780. The van der Waals surface area contributed by atoms with Gasteiger partial charge in [-0.05, 0) is 30.6 Å². The molecule has 0 aliphatic rings. The second-order valence-corrected chi connectivity index (χ2v) is 5.65. The van der Waals surface area contributed by atoms with Crippen molar-refractivity contribution in [1.82, 2.24) is 9.59 Å². The topological polar surface area (TPSA) is 42.9 Å². The molecule has 1 aromatic heterocycles. The van der Waals surface area contributed by atoms with Gasteiger partial charge in [0, 0.05) is 0 Å². The Labute approximate surface area is 98.7 Å². The summed E-state index contributed by atoms with van der Waals surface area (Å²) in [6, 6.07) is 7.08. The van der Waals surface area contributed by atoms with Crippen molar-refractivity contribution in [2.75, 3.05) is 0 Å². The summed E-state index contributed by atoms with van der Waals surface area (Å²) in [5, 5.41) is 4.33. The molecule has 3 nitrogen and oxygen atoms in total. The van der Waals surface area contributed by atoms with Gasteiger partial charge < -0.3 is 0 Å². The molecule has 6 heteroatoms. The fourth-order valence-corrected chi connectivity index (χ4v) is 3.44. The molecular formula is C9H7ClN2OS2. The fourth-order valence-electron chi connectivity index (χ4n) is 1.09. The van der Waals surface area contributed by atoms with E-state index in [-0.39, 0.29) is 0 Å². The highest BCUT2D eigenvalue weighted by molar-refractivity contribution is 7.87. The van der Waals surface area contributed by atoms with Crippen LogP contribution < -0.4 is 0 Å². The number of benzene rings is 1. The largest absolute Gasteiger partial charge is 0.248 e. The molecular weight excluding hydrogens is 252 g/mol. The Balaban J connectivity index is 2.46. The molecule has 78 valence electrons. The highest BCUT2D eigenvalue weighted by atomic mass is 35.5. The SMILES string of the molecule is Cc1nnsc1[S@](=O)c1ccccc1Cl. The molecule has 2 aromatic rings. The Morgan fingerprint density at radius 1 is 1.40 bits per heavy atom. The standard InChI is InChI=1S/C9H7ClN2OS2/c1-6-9(14-12-11-6)15(13)8-5-3-2-4-7(8)10/h2-5H,1H3/t15-/m1/s1. The van der Waals surface area contributed by atoms with E-state index in [9.17, 15) is 4.21 Å². The normalized spacial score (nSPS) is 12.7. The Morgan fingerprint density at radius 2 is 2.13 bits per heavy atom. The zero-order chi connectivity index (χ0) is 10.8. The van der Waals surface area contributed by atoms with Crippen LogP contribution in [0.25, 0.3) is 0 Å². The van der Waals surface area contributed by atoms with Gasteiger partial charge in [0.05, 0.1) is 15.6 Å². The molecule has 0 aliphatic carbocycles. The van der Waals surface area contributed by atoms with Crippen LogP contribution in [0.3, 0.4) is 0 Å². The quantitative estimate of drug-likeness (QED) is 0.832. The number of hydrogen-bond donors (Lipinski definition) is 0. The predicted molar refractivity (Wildman–Crippen MR) is 60.8 cm³/mol. The third kappa shape index (κ3) is 2.09. The molecule has 0 saturated heterocycles. The molecule has 2 rings (SSSR count). The third-order valence-electron chi connectivity index (χ3n) is 1.81. The second kappa shape index (κ2) is 4.38. The molecule has 0 spiro atoms. The van der Waals surface area contributed by atoms with Crippen LogP contribution in [0.4, 0.5) is 0 Å². The highest BCUT2D eigenvalue weighted by Crippen LogP contribution is 2.26. The summed E-state index contributed by atoms with van der Waals surface area (Å²) >= 11 is 7.10. The van der Waals surface area contributed by atoms with E-state index in [4.69, 9.17) is 11.6 Å². The van der Waals surface area contributed by atoms with E-state index in [1.165, 1.54) is 0 Å². The van der Waals surface area contributed by atoms with Crippen molar-refractivity contribution in [1.29, 1.82) is 0 Å². The summed E-state index contributed by atoms with van der Waals surface area (Å²) in [5.74, 6) is 0. The lowest BCUT2D eigenvalue weighted by atomic mass is 10.4. The number of hydrogen-bond acceptors (Lipinski definition) is 4. The average molecular weight is 259 g/mol. The van der Waals surface area contributed by atoms with Crippen LogP contribution in [0.2, 0.25) is 5.02 Å². The third-order valence-corrected chi connectivity index (χ3v) is 4.95.